The third-order valence-corrected chi connectivity index (χ3v) is 2.16. The monoisotopic (exact) mass is 163 g/mol. The molecule has 0 radical (unpaired) electrons. The van der Waals surface area contributed by atoms with E-state index in [4.69, 9.17) is 0 Å². The van der Waals surface area contributed by atoms with Crippen molar-refractivity contribution < 1.29 is 0 Å². The van der Waals surface area contributed by atoms with Crippen LogP contribution in [0.5, 0.6) is 0 Å². The minimum Gasteiger partial charge on any atom is -0.317 e. The van der Waals surface area contributed by atoms with E-state index in [1.807, 2.05) is 7.05 Å². The Morgan fingerprint density at radius 2 is 1.83 bits per heavy atom. The first-order valence-electron chi connectivity index (χ1n) is 4.45. The normalized spacial score (nSPS) is 12.9. The highest BCUT2D eigenvalue weighted by Crippen LogP contribution is 2.05. The summed E-state index contributed by atoms with van der Waals surface area (Å²) in [7, 11) is 2.00. The van der Waals surface area contributed by atoms with Gasteiger partial charge in [0, 0.05) is 6.04 Å². The van der Waals surface area contributed by atoms with Gasteiger partial charge in [0.1, 0.15) is 0 Å². The van der Waals surface area contributed by atoms with Crippen LogP contribution in [0, 0.1) is 6.92 Å². The molecule has 0 amide bonds. The molecule has 1 N–H and O–H groups in total. The Morgan fingerprint density at radius 1 is 1.25 bits per heavy atom. The van der Waals surface area contributed by atoms with Gasteiger partial charge in [-0.25, -0.2) is 0 Å². The van der Waals surface area contributed by atoms with Crippen molar-refractivity contribution in [2.24, 2.45) is 0 Å². The zero-order valence-corrected chi connectivity index (χ0v) is 8.09. The Balaban J connectivity index is 2.58. The Morgan fingerprint density at radius 3 is 2.33 bits per heavy atom. The quantitative estimate of drug-likeness (QED) is 0.720. The van der Waals surface area contributed by atoms with Crippen molar-refractivity contribution in [1.29, 1.82) is 0 Å². The molecule has 0 saturated carbocycles. The molecule has 0 aliphatic heterocycles. The van der Waals surface area contributed by atoms with Crippen molar-refractivity contribution in [1.82, 2.24) is 5.32 Å². The van der Waals surface area contributed by atoms with Crippen LogP contribution in [0.15, 0.2) is 24.3 Å². The lowest BCUT2D eigenvalue weighted by atomic mass is 10.1. The van der Waals surface area contributed by atoms with Crippen LogP contribution in [0.4, 0.5) is 0 Å². The number of likely N-dealkylation sites (N-methyl/N-ethyl adjacent to an activating group) is 1. The van der Waals surface area contributed by atoms with Gasteiger partial charge >= 0.3 is 0 Å². The summed E-state index contributed by atoms with van der Waals surface area (Å²) in [4.78, 5) is 0. The van der Waals surface area contributed by atoms with Crippen molar-refractivity contribution >= 4 is 0 Å². The molecule has 1 rings (SSSR count). The summed E-state index contributed by atoms with van der Waals surface area (Å²) in [5.41, 5.74) is 2.73. The molecule has 12 heavy (non-hydrogen) atoms. The second kappa shape index (κ2) is 4.27. The van der Waals surface area contributed by atoms with Crippen molar-refractivity contribution in [2.75, 3.05) is 7.05 Å². The molecule has 1 atom stereocenters. The third kappa shape index (κ3) is 2.67. The SMILES string of the molecule is CN[C@H](C)Cc1ccc(C)cc1. The van der Waals surface area contributed by atoms with Gasteiger partial charge in [-0.3, -0.25) is 0 Å². The topological polar surface area (TPSA) is 12.0 Å². The van der Waals surface area contributed by atoms with Crippen LogP contribution in [0.2, 0.25) is 0 Å². The Labute approximate surface area is 74.8 Å². The van der Waals surface area contributed by atoms with Crippen LogP contribution in [-0.2, 0) is 6.42 Å². The van der Waals surface area contributed by atoms with Gasteiger partial charge in [-0.2, -0.15) is 0 Å². The maximum Gasteiger partial charge on any atom is 0.00761 e. The van der Waals surface area contributed by atoms with Gasteiger partial charge in [0.25, 0.3) is 0 Å². The van der Waals surface area contributed by atoms with E-state index in [-0.39, 0.29) is 0 Å². The summed E-state index contributed by atoms with van der Waals surface area (Å²) in [6.45, 7) is 4.31. The predicted molar refractivity (Wildman–Crippen MR) is 53.4 cm³/mol. The molecular weight excluding hydrogens is 146 g/mol. The number of benzene rings is 1. The summed E-state index contributed by atoms with van der Waals surface area (Å²) >= 11 is 0. The highest BCUT2D eigenvalue weighted by molar-refractivity contribution is 5.21. The van der Waals surface area contributed by atoms with Gasteiger partial charge < -0.3 is 5.32 Å². The summed E-state index contributed by atoms with van der Waals surface area (Å²) in [5.74, 6) is 0. The third-order valence-electron chi connectivity index (χ3n) is 2.16. The molecule has 0 aliphatic rings. The molecule has 1 aromatic rings. The number of hydrogen-bond donors (Lipinski definition) is 1. The molecule has 0 aliphatic carbocycles. The fourth-order valence-electron chi connectivity index (χ4n) is 1.18. The summed E-state index contributed by atoms with van der Waals surface area (Å²) in [5, 5.41) is 3.23. The highest BCUT2D eigenvalue weighted by Gasteiger charge is 1.98. The number of aryl methyl sites for hydroxylation is 1. The van der Waals surface area contributed by atoms with Gasteiger partial charge in [-0.15, -0.1) is 0 Å². The van der Waals surface area contributed by atoms with Crippen LogP contribution in [0.25, 0.3) is 0 Å². The van der Waals surface area contributed by atoms with E-state index in [9.17, 15) is 0 Å². The summed E-state index contributed by atoms with van der Waals surface area (Å²) in [6.07, 6.45) is 1.11. The molecular formula is C11H17N. The molecule has 1 aromatic carbocycles. The summed E-state index contributed by atoms with van der Waals surface area (Å²) in [6, 6.07) is 9.29. The average Bonchev–Trinajstić information content (AvgIpc) is 2.09. The zero-order valence-electron chi connectivity index (χ0n) is 8.09. The van der Waals surface area contributed by atoms with Gasteiger partial charge in [0.2, 0.25) is 0 Å². The van der Waals surface area contributed by atoms with Crippen molar-refractivity contribution in [3.8, 4) is 0 Å². The van der Waals surface area contributed by atoms with Crippen molar-refractivity contribution in [2.45, 2.75) is 26.3 Å². The molecule has 0 heterocycles. The van der Waals surface area contributed by atoms with Crippen molar-refractivity contribution in [3.05, 3.63) is 35.4 Å². The highest BCUT2D eigenvalue weighted by atomic mass is 14.8. The van der Waals surface area contributed by atoms with E-state index in [2.05, 4.69) is 43.4 Å². The maximum absolute atomic E-state index is 3.23. The number of hydrogen-bond acceptors (Lipinski definition) is 1. The second-order valence-electron chi connectivity index (χ2n) is 3.38. The standard InChI is InChI=1S/C11H17N/c1-9-4-6-11(7-5-9)8-10(2)12-3/h4-7,10,12H,8H2,1-3H3/t10-/m1/s1. The van der Waals surface area contributed by atoms with Crippen LogP contribution in [0.1, 0.15) is 18.1 Å². The fourth-order valence-corrected chi connectivity index (χ4v) is 1.18. The lowest BCUT2D eigenvalue weighted by Crippen LogP contribution is -2.23. The minimum atomic E-state index is 0.563. The Hall–Kier alpha value is -0.820. The Bertz CT molecular complexity index is 225. The molecule has 0 fully saturated rings. The maximum atomic E-state index is 3.23. The van der Waals surface area contributed by atoms with Crippen LogP contribution in [0.3, 0.4) is 0 Å². The number of rotatable bonds is 3. The van der Waals surface area contributed by atoms with E-state index >= 15 is 0 Å². The van der Waals surface area contributed by atoms with Crippen molar-refractivity contribution in [3.63, 3.8) is 0 Å². The molecule has 0 unspecified atom stereocenters. The minimum absolute atomic E-state index is 0.563. The molecule has 0 bridgehead atoms. The summed E-state index contributed by atoms with van der Waals surface area (Å²) < 4.78 is 0. The molecule has 66 valence electrons. The molecule has 1 nitrogen and oxygen atoms in total. The predicted octanol–water partition coefficient (Wildman–Crippen LogP) is 2.15. The van der Waals surface area contributed by atoms with Gasteiger partial charge in [0.05, 0.1) is 0 Å². The molecule has 1 heteroatoms. The number of nitrogens with one attached hydrogen (secondary N) is 1. The van der Waals surface area contributed by atoms with Crippen LogP contribution in [-0.4, -0.2) is 13.1 Å². The smallest absolute Gasteiger partial charge is 0.00761 e. The first-order valence-corrected chi connectivity index (χ1v) is 4.45. The van der Waals surface area contributed by atoms with E-state index in [0.29, 0.717) is 6.04 Å². The first-order chi connectivity index (χ1) is 5.72. The average molecular weight is 163 g/mol. The van der Waals surface area contributed by atoms with E-state index < -0.39 is 0 Å². The molecule has 0 spiro atoms. The fraction of sp³-hybridized carbons (Fsp3) is 0.455. The van der Waals surface area contributed by atoms with E-state index in [1.54, 1.807) is 0 Å². The van der Waals surface area contributed by atoms with E-state index in [1.165, 1.54) is 11.1 Å². The molecule has 0 aromatic heterocycles. The Kier molecular flexibility index (Phi) is 3.30. The molecule has 0 saturated heterocycles. The zero-order chi connectivity index (χ0) is 8.97. The van der Waals surface area contributed by atoms with Gasteiger partial charge in [-0.1, -0.05) is 29.8 Å². The van der Waals surface area contributed by atoms with Gasteiger partial charge in [0.15, 0.2) is 0 Å². The van der Waals surface area contributed by atoms with Gasteiger partial charge in [-0.05, 0) is 32.9 Å². The first kappa shape index (κ1) is 9.27. The largest absolute Gasteiger partial charge is 0.317 e. The lowest BCUT2D eigenvalue weighted by Gasteiger charge is -2.09. The van der Waals surface area contributed by atoms with E-state index in [0.717, 1.165) is 6.42 Å². The lowest BCUT2D eigenvalue weighted by molar-refractivity contribution is 0.608. The second-order valence-corrected chi connectivity index (χ2v) is 3.38. The van der Waals surface area contributed by atoms with Crippen LogP contribution >= 0.6 is 0 Å². The van der Waals surface area contributed by atoms with Crippen LogP contribution < -0.4 is 5.32 Å².